The van der Waals surface area contributed by atoms with Gasteiger partial charge in [0.05, 0.1) is 11.2 Å². The molecule has 224 valence electrons. The molecule has 0 amide bonds. The molecular formula is C32H66Cl2O2Zr. The second-order valence-corrected chi connectivity index (χ2v) is 16.4. The maximum atomic E-state index is 5.71. The Labute approximate surface area is 254 Å². The van der Waals surface area contributed by atoms with Crippen molar-refractivity contribution in [3.8, 4) is 0 Å². The summed E-state index contributed by atoms with van der Waals surface area (Å²) in [6.45, 7) is 14.7. The summed E-state index contributed by atoms with van der Waals surface area (Å²) in [5, 5.41) is 0. The van der Waals surface area contributed by atoms with Crippen molar-refractivity contribution in [3.63, 3.8) is 0 Å². The van der Waals surface area contributed by atoms with Crippen LogP contribution in [0.5, 0.6) is 0 Å². The zero-order valence-electron chi connectivity index (χ0n) is 26.4. The molecule has 2 nitrogen and oxygen atoms in total. The van der Waals surface area contributed by atoms with E-state index in [1.165, 1.54) is 116 Å². The quantitative estimate of drug-likeness (QED) is 0.138. The van der Waals surface area contributed by atoms with Gasteiger partial charge in [-0.1, -0.05) is 103 Å². The van der Waals surface area contributed by atoms with Crippen molar-refractivity contribution in [2.45, 2.75) is 168 Å². The molecule has 0 aromatic carbocycles. The zero-order chi connectivity index (χ0) is 26.4. The standard InChI is InChI=1S/2C15H30O.2CH3.2ClH.Zr/c2*1-15(2,3)16-13-9-5-4-6-10-14-11-7-8-12-14;;;;;/h2*14H,4-13H2,1-3H3;2*1H3;2*1H;/q;;2*-1;;;+4/p-2. The Morgan fingerprint density at radius 2 is 0.811 bits per heavy atom. The van der Waals surface area contributed by atoms with Gasteiger partial charge in [-0.15, -0.1) is 0 Å². The monoisotopic (exact) mass is 642 g/mol. The Kier molecular flexibility index (Phi) is 31.9. The third-order valence-corrected chi connectivity index (χ3v) is 7.03. The van der Waals surface area contributed by atoms with Gasteiger partial charge in [0.2, 0.25) is 0 Å². The number of hydrogen-bond donors (Lipinski definition) is 0. The molecule has 0 unspecified atom stereocenters. The van der Waals surface area contributed by atoms with Gasteiger partial charge in [0, 0.05) is 13.2 Å². The SMILES string of the molecule is CC(C)(C)OCCCCCCC1CCCC1.CC(C)(C)OCCCCCCC1CCCC1.[CH3-].[CH3-].[Cl][Zr+2][Cl]. The van der Waals surface area contributed by atoms with Crippen molar-refractivity contribution in [3.05, 3.63) is 14.9 Å². The first-order valence-electron chi connectivity index (χ1n) is 14.8. The van der Waals surface area contributed by atoms with E-state index in [2.05, 4.69) is 41.5 Å². The number of ether oxygens (including phenoxy) is 2. The van der Waals surface area contributed by atoms with E-state index in [0.717, 1.165) is 25.0 Å². The first kappa shape index (κ1) is 42.8. The van der Waals surface area contributed by atoms with Crippen molar-refractivity contribution in [2.75, 3.05) is 13.2 Å². The van der Waals surface area contributed by atoms with E-state index in [4.69, 9.17) is 26.5 Å². The van der Waals surface area contributed by atoms with Crippen molar-refractivity contribution in [1.82, 2.24) is 0 Å². The fraction of sp³-hybridized carbons (Fsp3) is 0.938. The van der Waals surface area contributed by atoms with Gasteiger partial charge in [0.15, 0.2) is 0 Å². The summed E-state index contributed by atoms with van der Waals surface area (Å²) in [4.78, 5) is 0. The van der Waals surface area contributed by atoms with E-state index in [1.807, 2.05) is 0 Å². The Balaban J connectivity index is -0.000000538. The van der Waals surface area contributed by atoms with Crippen LogP contribution in [0.3, 0.4) is 0 Å². The summed E-state index contributed by atoms with van der Waals surface area (Å²) in [5.41, 5.74) is 0.0910. The van der Waals surface area contributed by atoms with Gasteiger partial charge in [-0.3, -0.25) is 0 Å². The molecule has 0 spiro atoms. The Morgan fingerprint density at radius 3 is 1.08 bits per heavy atom. The van der Waals surface area contributed by atoms with Crippen molar-refractivity contribution in [1.29, 1.82) is 0 Å². The van der Waals surface area contributed by atoms with Crippen LogP contribution in [0.25, 0.3) is 0 Å². The Bertz CT molecular complexity index is 397. The van der Waals surface area contributed by atoms with Crippen LogP contribution in [0.1, 0.15) is 157 Å². The molecule has 2 aliphatic carbocycles. The zero-order valence-corrected chi connectivity index (χ0v) is 30.3. The van der Waals surface area contributed by atoms with E-state index in [0.29, 0.717) is 0 Å². The van der Waals surface area contributed by atoms with Gasteiger partial charge in [0.1, 0.15) is 0 Å². The molecule has 0 heterocycles. The first-order chi connectivity index (χ1) is 16.6. The molecule has 0 bridgehead atoms. The van der Waals surface area contributed by atoms with Crippen molar-refractivity contribution < 1.29 is 30.3 Å². The van der Waals surface area contributed by atoms with E-state index >= 15 is 0 Å². The van der Waals surface area contributed by atoms with Crippen LogP contribution in [0, 0.1) is 26.7 Å². The molecule has 2 rings (SSSR count). The summed E-state index contributed by atoms with van der Waals surface area (Å²) in [7, 11) is 9.87. The second-order valence-electron chi connectivity index (χ2n) is 12.7. The fourth-order valence-electron chi connectivity index (χ4n) is 5.13. The van der Waals surface area contributed by atoms with E-state index in [1.54, 1.807) is 0 Å². The summed E-state index contributed by atoms with van der Waals surface area (Å²) in [6, 6.07) is 0. The summed E-state index contributed by atoms with van der Waals surface area (Å²) in [5.74, 6) is 2.15. The molecular weight excluding hydrogens is 578 g/mol. The predicted octanol–water partition coefficient (Wildman–Crippen LogP) is 12.2. The fourth-order valence-corrected chi connectivity index (χ4v) is 5.13. The summed E-state index contributed by atoms with van der Waals surface area (Å²) < 4.78 is 11.4. The van der Waals surface area contributed by atoms with E-state index in [-0.39, 0.29) is 26.1 Å². The van der Waals surface area contributed by atoms with E-state index in [9.17, 15) is 0 Å². The Morgan fingerprint density at radius 1 is 0.541 bits per heavy atom. The van der Waals surface area contributed by atoms with Gasteiger partial charge in [-0.2, -0.15) is 0 Å². The third-order valence-electron chi connectivity index (χ3n) is 7.03. The molecule has 5 heteroatoms. The van der Waals surface area contributed by atoms with Gasteiger partial charge in [-0.25, -0.2) is 0 Å². The molecule has 0 N–H and O–H groups in total. The number of halogens is 2. The summed E-state index contributed by atoms with van der Waals surface area (Å²) >= 11 is -0.826. The molecule has 2 fully saturated rings. The molecule has 0 atom stereocenters. The minimum absolute atomic E-state index is 0. The van der Waals surface area contributed by atoms with Crippen LogP contribution in [-0.2, 0) is 30.3 Å². The van der Waals surface area contributed by atoms with Crippen LogP contribution in [0.4, 0.5) is 0 Å². The van der Waals surface area contributed by atoms with Gasteiger partial charge < -0.3 is 24.3 Å². The molecule has 0 aromatic rings. The topological polar surface area (TPSA) is 18.5 Å². The summed E-state index contributed by atoms with van der Waals surface area (Å²) in [6.07, 6.45) is 25.8. The number of unbranched alkanes of at least 4 members (excludes halogenated alkanes) is 6. The van der Waals surface area contributed by atoms with Crippen LogP contribution in [0.15, 0.2) is 0 Å². The van der Waals surface area contributed by atoms with Gasteiger partial charge >= 0.3 is 37.9 Å². The number of rotatable bonds is 14. The molecule has 0 aromatic heterocycles. The normalized spacial score (nSPS) is 16.0. The maximum absolute atomic E-state index is 5.71. The third kappa shape index (κ3) is 33.5. The van der Waals surface area contributed by atoms with Gasteiger partial charge in [0.25, 0.3) is 0 Å². The number of hydrogen-bond acceptors (Lipinski definition) is 2. The van der Waals surface area contributed by atoms with E-state index < -0.39 is 20.8 Å². The minimum atomic E-state index is -0.826. The van der Waals surface area contributed by atoms with Crippen LogP contribution in [-0.4, -0.2) is 24.4 Å². The predicted molar refractivity (Wildman–Crippen MR) is 166 cm³/mol. The van der Waals surface area contributed by atoms with Crippen molar-refractivity contribution in [2.24, 2.45) is 11.8 Å². The molecule has 0 saturated heterocycles. The molecule has 2 saturated carbocycles. The van der Waals surface area contributed by atoms with Crippen LogP contribution < -0.4 is 0 Å². The van der Waals surface area contributed by atoms with Crippen molar-refractivity contribution >= 4 is 17.0 Å². The Hall–Kier alpha value is 1.38. The molecule has 0 aliphatic heterocycles. The van der Waals surface area contributed by atoms with Gasteiger partial charge in [-0.05, 0) is 66.2 Å². The average molecular weight is 645 g/mol. The molecule has 2 aliphatic rings. The average Bonchev–Trinajstić information content (AvgIpc) is 3.46. The molecule has 37 heavy (non-hydrogen) atoms. The molecule has 0 radical (unpaired) electrons. The van der Waals surface area contributed by atoms with Crippen LogP contribution >= 0.6 is 17.0 Å². The second kappa shape index (κ2) is 27.5. The first-order valence-corrected chi connectivity index (χ1v) is 21.1. The van der Waals surface area contributed by atoms with Crippen LogP contribution in [0.2, 0.25) is 0 Å².